The molecule has 2 amide bonds. The van der Waals surface area contributed by atoms with E-state index in [1.54, 1.807) is 17.0 Å². The van der Waals surface area contributed by atoms with Crippen molar-refractivity contribution in [2.24, 2.45) is 20.5 Å². The first-order valence-electron chi connectivity index (χ1n) is 32.1. The normalized spacial score (nSPS) is 14.0. The second-order valence-corrected chi connectivity index (χ2v) is 27.6. The molecule has 5 heterocycles. The Balaban J connectivity index is 1.09. The molecule has 0 radical (unpaired) electrons. The number of benzene rings is 4. The van der Waals surface area contributed by atoms with E-state index in [4.69, 9.17) is 35.1 Å². The number of hydrogen-bond donors (Lipinski definition) is 8. The fraction of sp³-hybridized carbons (Fsp3) is 0.369. The molecule has 34 heteroatoms. The van der Waals surface area contributed by atoms with Gasteiger partial charge in [-0.3, -0.25) is 28.3 Å². The molecule has 3 aromatic heterocycles. The summed E-state index contributed by atoms with van der Waals surface area (Å²) >= 11 is 2.18. The van der Waals surface area contributed by atoms with Crippen LogP contribution in [0.4, 0.5) is 85.2 Å². The number of thiazole rings is 2. The first-order valence-corrected chi connectivity index (χ1v) is 36.6. The molecular weight excluding hydrogens is 1350 g/mol. The van der Waals surface area contributed by atoms with E-state index in [2.05, 4.69) is 51.1 Å². The van der Waals surface area contributed by atoms with Gasteiger partial charge in [-0.05, 0) is 165 Å². The van der Waals surface area contributed by atoms with Crippen molar-refractivity contribution in [3.8, 4) is 0 Å². The number of nitrogens with one attached hydrogen (secondary N) is 4. The summed E-state index contributed by atoms with van der Waals surface area (Å²) < 4.78 is 66.9. The lowest BCUT2D eigenvalue weighted by Gasteiger charge is -2.27. The number of ketones is 2. The molecule has 0 bridgehead atoms. The van der Waals surface area contributed by atoms with E-state index < -0.39 is 53.4 Å². The van der Waals surface area contributed by atoms with Crippen molar-refractivity contribution in [2.45, 2.75) is 89.9 Å². The lowest BCUT2D eigenvalue weighted by atomic mass is 10.1. The van der Waals surface area contributed by atoms with E-state index >= 15 is 0 Å². The third-order valence-corrected chi connectivity index (χ3v) is 19.4. The maximum atomic E-state index is 13.8. The van der Waals surface area contributed by atoms with Crippen LogP contribution in [0.5, 0.6) is 0 Å². The third kappa shape index (κ3) is 19.4. The molecule has 2 aliphatic heterocycles. The molecule has 2 fully saturated rings. The average molecular weight is 1430 g/mol. The Bertz CT molecular complexity index is 4170. The molecule has 99 heavy (non-hydrogen) atoms. The van der Waals surface area contributed by atoms with Gasteiger partial charge in [0.25, 0.3) is 32.1 Å². The average Bonchev–Trinajstić information content (AvgIpc) is 1.68. The van der Waals surface area contributed by atoms with E-state index in [0.29, 0.717) is 96.5 Å². The summed E-state index contributed by atoms with van der Waals surface area (Å²) in [5.41, 5.74) is 2.60. The number of aliphatic hydroxyl groups excluding tert-OH is 2. The lowest BCUT2D eigenvalue weighted by Crippen LogP contribution is -2.31. The first-order chi connectivity index (χ1) is 47.5. The highest BCUT2D eigenvalue weighted by Gasteiger charge is 2.27. The quantitative estimate of drug-likeness (QED) is 0.00658. The Hall–Kier alpha value is -9.55. The molecule has 0 aliphatic carbocycles. The summed E-state index contributed by atoms with van der Waals surface area (Å²) in [7, 11) is -9.20. The van der Waals surface area contributed by atoms with Crippen LogP contribution in [-0.4, -0.2) is 163 Å². The van der Waals surface area contributed by atoms with Crippen LogP contribution >= 0.6 is 22.7 Å². The van der Waals surface area contributed by atoms with Crippen molar-refractivity contribution in [1.82, 2.24) is 24.9 Å². The summed E-state index contributed by atoms with van der Waals surface area (Å²) in [4.78, 5) is 88.3. The van der Waals surface area contributed by atoms with Crippen LogP contribution in [0, 0.1) is 0 Å². The standard InChI is InChI=1S/C65H78N18O12S4/c1-7-79(8-2)45-23-25-51(75-77-64-70-57(81-27-13-11-14-28-81)55(96-64)39-49(41(5)86)59(88)66-43-19-17-21-47(35-43)98(90,91)92)53(37-45)68-61-72-62(74-63(73-61)83(31-33-84)32-34-85)69-54-38-46(80(9-3)10-4)24-26-52(54)76-78-65-71-58(82-29-15-12-16-30-82)56(97-65)40-50(42(6)87)60(89)67-44-20-18-22-48(36-44)99(93,94)95/h17-26,35-40,84-85H,7-16,27-34H2,1-6H3,(H,66,88)(H,67,89)(H,90,91,92)(H,93,94,95)(H2,68,69,72,73,74)/b49-39-,50-40+,77-75?,78-76?. The molecule has 7 aromatic rings. The van der Waals surface area contributed by atoms with Crippen LogP contribution in [0.1, 0.15) is 89.8 Å². The zero-order chi connectivity index (χ0) is 71.0. The molecule has 8 N–H and O–H groups in total. The van der Waals surface area contributed by atoms with Crippen LogP contribution in [0.25, 0.3) is 12.2 Å². The molecule has 2 aliphatic rings. The van der Waals surface area contributed by atoms with E-state index in [1.165, 1.54) is 50.3 Å². The predicted octanol–water partition coefficient (Wildman–Crippen LogP) is 11.3. The summed E-state index contributed by atoms with van der Waals surface area (Å²) in [6.45, 7) is 15.1. The number of amides is 2. The molecule has 524 valence electrons. The molecule has 30 nitrogen and oxygen atoms in total. The van der Waals surface area contributed by atoms with Crippen LogP contribution < -0.4 is 45.8 Å². The number of anilines is 11. The monoisotopic (exact) mass is 1430 g/mol. The smallest absolute Gasteiger partial charge is 0.294 e. The highest BCUT2D eigenvalue weighted by molar-refractivity contribution is 7.86. The number of Topliss-reactive ketones (excluding diaryl/α,β-unsaturated/α-hetero) is 2. The Labute approximate surface area is 581 Å². The number of carbonyl (C=O) groups is 4. The molecule has 4 aromatic carbocycles. The van der Waals surface area contributed by atoms with Gasteiger partial charge in [-0.15, -0.1) is 20.5 Å². The Kier molecular flexibility index (Phi) is 25.2. The summed E-state index contributed by atoms with van der Waals surface area (Å²) in [5.74, 6) is -1.77. The van der Waals surface area contributed by atoms with Crippen LogP contribution in [0.2, 0.25) is 0 Å². The molecule has 0 saturated carbocycles. The number of aromatic nitrogens is 5. The highest BCUT2D eigenvalue weighted by atomic mass is 32.2. The zero-order valence-electron chi connectivity index (χ0n) is 55.4. The van der Waals surface area contributed by atoms with E-state index in [1.807, 2.05) is 52.0 Å². The van der Waals surface area contributed by atoms with Crippen LogP contribution in [0.3, 0.4) is 0 Å². The highest BCUT2D eigenvalue weighted by Crippen LogP contribution is 2.41. The largest absolute Gasteiger partial charge is 0.395 e. The van der Waals surface area contributed by atoms with Gasteiger partial charge in [-0.2, -0.15) is 41.8 Å². The first kappa shape index (κ1) is 73.7. The van der Waals surface area contributed by atoms with Crippen molar-refractivity contribution in [3.05, 3.63) is 106 Å². The molecular formula is C65H78N18O12S4. The Morgan fingerprint density at radius 1 is 0.525 bits per heavy atom. The summed E-state index contributed by atoms with van der Waals surface area (Å²) in [5, 5.41) is 51.6. The Morgan fingerprint density at radius 2 is 0.919 bits per heavy atom. The summed E-state index contributed by atoms with van der Waals surface area (Å²) in [6, 6.07) is 21.0. The number of hydrogen-bond acceptors (Lipinski definition) is 28. The minimum absolute atomic E-state index is 0.00672. The molecule has 0 atom stereocenters. The van der Waals surface area contributed by atoms with Gasteiger partial charge in [0.2, 0.25) is 28.1 Å². The number of nitrogens with zero attached hydrogens (tertiary/aromatic N) is 14. The minimum Gasteiger partial charge on any atom is -0.395 e. The Morgan fingerprint density at radius 3 is 1.27 bits per heavy atom. The molecule has 0 spiro atoms. The molecule has 2 saturated heterocycles. The van der Waals surface area contributed by atoms with Crippen molar-refractivity contribution >= 4 is 164 Å². The van der Waals surface area contributed by atoms with Gasteiger partial charge in [0.15, 0.2) is 11.6 Å². The minimum atomic E-state index is -4.60. The molecule has 9 rings (SSSR count). The van der Waals surface area contributed by atoms with E-state index in [-0.39, 0.29) is 76.9 Å². The van der Waals surface area contributed by atoms with Crippen molar-refractivity contribution in [1.29, 1.82) is 0 Å². The van der Waals surface area contributed by atoms with Gasteiger partial charge in [0.05, 0.1) is 55.3 Å². The van der Waals surface area contributed by atoms with E-state index in [9.17, 15) is 55.3 Å². The van der Waals surface area contributed by atoms with Gasteiger partial charge < -0.3 is 56.0 Å². The second kappa shape index (κ2) is 33.8. The SMILES string of the molecule is CCN(CC)c1ccc(N=Nc2nc(N3CCCCC3)c(/C=C(/C(C)=O)C(=O)Nc3cccc(S(=O)(=O)O)c3)s2)c(Nc2nc(Nc3cc(N(CC)CC)ccc3N=Nc3nc(N4CCCCC4)c(/C=C(\C(C)=O)C(=O)Nc4cccc(S(=O)(=O)O)c4)s3)nc(N(CCO)CCO)n2)c1. The third-order valence-electron chi connectivity index (χ3n) is 16.0. The number of azo groups is 2. The van der Waals surface area contributed by atoms with Crippen LogP contribution in [-0.2, 0) is 39.4 Å². The van der Waals surface area contributed by atoms with Gasteiger partial charge in [-0.1, -0.05) is 34.8 Å². The number of aliphatic hydroxyl groups is 2. The van der Waals surface area contributed by atoms with Crippen LogP contribution in [0.15, 0.2) is 126 Å². The van der Waals surface area contributed by atoms with Gasteiger partial charge in [0.1, 0.15) is 23.0 Å². The van der Waals surface area contributed by atoms with Crippen molar-refractivity contribution in [3.63, 3.8) is 0 Å². The van der Waals surface area contributed by atoms with Gasteiger partial charge >= 0.3 is 0 Å². The second-order valence-electron chi connectivity index (χ2n) is 22.7. The molecule has 0 unspecified atom stereocenters. The maximum Gasteiger partial charge on any atom is 0.294 e. The van der Waals surface area contributed by atoms with E-state index in [0.717, 1.165) is 96.8 Å². The zero-order valence-corrected chi connectivity index (χ0v) is 58.7. The fourth-order valence-electron chi connectivity index (χ4n) is 10.9. The fourth-order valence-corrected chi connectivity index (χ4v) is 13.7. The van der Waals surface area contributed by atoms with Crippen molar-refractivity contribution < 1.29 is 55.3 Å². The number of rotatable bonds is 31. The van der Waals surface area contributed by atoms with Gasteiger partial charge in [0, 0.05) is 88.2 Å². The maximum absolute atomic E-state index is 13.8. The number of piperidine rings is 2. The lowest BCUT2D eigenvalue weighted by molar-refractivity contribution is -0.120. The van der Waals surface area contributed by atoms with Gasteiger partial charge in [-0.25, -0.2) is 0 Å². The summed E-state index contributed by atoms with van der Waals surface area (Å²) in [6.07, 6.45) is 8.33. The topological polar surface area (TPSA) is 396 Å². The predicted molar refractivity (Wildman–Crippen MR) is 385 cm³/mol. The van der Waals surface area contributed by atoms with Crippen molar-refractivity contribution in [2.75, 3.05) is 124 Å². The number of carbonyl (C=O) groups excluding carboxylic acids is 4.